The van der Waals surface area contributed by atoms with Crippen molar-refractivity contribution in [3.05, 3.63) is 69.7 Å². The van der Waals surface area contributed by atoms with Crippen LogP contribution >= 0.6 is 0 Å². The summed E-state index contributed by atoms with van der Waals surface area (Å²) in [6.07, 6.45) is 0. The number of nitro benzene ring substituents is 1. The number of non-ortho nitro benzene ring substituents is 1. The minimum atomic E-state index is -4.23. The fourth-order valence-corrected chi connectivity index (χ4v) is 4.65. The van der Waals surface area contributed by atoms with Crippen LogP contribution in [0.1, 0.15) is 29.9 Å². The van der Waals surface area contributed by atoms with Crippen molar-refractivity contribution in [2.45, 2.75) is 25.7 Å². The van der Waals surface area contributed by atoms with Gasteiger partial charge in [0.25, 0.3) is 11.6 Å². The molecule has 1 aromatic heterocycles. The summed E-state index contributed by atoms with van der Waals surface area (Å²) < 4.78 is 54.4. The molecule has 0 aliphatic heterocycles. The third-order valence-corrected chi connectivity index (χ3v) is 6.71. The molecule has 1 heterocycles. The Morgan fingerprint density at radius 2 is 1.89 bits per heavy atom. The molecule has 0 fully saturated rings. The largest absolute Gasteiger partial charge is 0.437 e. The van der Waals surface area contributed by atoms with Gasteiger partial charge in [0.15, 0.2) is 5.69 Å². The number of halogens is 1. The number of hydrogen-bond acceptors (Lipinski definition) is 8. The predicted octanol–water partition coefficient (Wildman–Crippen LogP) is 3.33. The summed E-state index contributed by atoms with van der Waals surface area (Å²) >= 11 is 0. The van der Waals surface area contributed by atoms with Gasteiger partial charge in [0.2, 0.25) is 15.9 Å². The lowest BCUT2D eigenvalue weighted by molar-refractivity contribution is -0.385. The van der Waals surface area contributed by atoms with E-state index in [1.165, 1.54) is 36.1 Å². The summed E-state index contributed by atoms with van der Waals surface area (Å²) in [6, 6.07) is 8.32. The number of carbonyl (C=O) groups is 1. The molecule has 0 bridgehead atoms. The molecule has 0 spiro atoms. The zero-order valence-electron chi connectivity index (χ0n) is 21.2. The van der Waals surface area contributed by atoms with E-state index in [9.17, 15) is 27.7 Å². The summed E-state index contributed by atoms with van der Waals surface area (Å²) in [5.74, 6) is -1.35. The van der Waals surface area contributed by atoms with E-state index < -0.39 is 37.3 Å². The molecule has 1 amide bonds. The SMILES string of the molecule is COCCNC(=O)c1nn(-c2ccc(F)cc2)c(Oc2ccc([N+](=O)[O-])cc2S(=O)(=O)NCC(C)C)c1C. The number of amides is 1. The van der Waals surface area contributed by atoms with Crippen LogP contribution in [0.25, 0.3) is 5.69 Å². The van der Waals surface area contributed by atoms with Gasteiger partial charge in [-0.15, -0.1) is 0 Å². The lowest BCUT2D eigenvalue weighted by atomic mass is 10.2. The van der Waals surface area contributed by atoms with Crippen molar-refractivity contribution in [3.63, 3.8) is 0 Å². The Morgan fingerprint density at radius 3 is 2.50 bits per heavy atom. The van der Waals surface area contributed by atoms with Crippen molar-refractivity contribution in [1.29, 1.82) is 0 Å². The van der Waals surface area contributed by atoms with Crippen molar-refractivity contribution in [2.24, 2.45) is 5.92 Å². The van der Waals surface area contributed by atoms with Crippen molar-refractivity contribution in [3.8, 4) is 17.3 Å². The number of rotatable bonds is 12. The van der Waals surface area contributed by atoms with Gasteiger partial charge in [0.1, 0.15) is 16.5 Å². The Balaban J connectivity index is 2.14. The van der Waals surface area contributed by atoms with E-state index in [0.29, 0.717) is 5.69 Å². The first-order valence-electron chi connectivity index (χ1n) is 11.5. The molecule has 38 heavy (non-hydrogen) atoms. The van der Waals surface area contributed by atoms with Crippen molar-refractivity contribution >= 4 is 21.6 Å². The standard InChI is InChI=1S/C24H28FN5O7S/c1-15(2)14-27-38(34,35)21-13-19(30(32)33)9-10-20(21)37-24-16(3)22(23(31)26-11-12-36-4)28-29(24)18-7-5-17(25)6-8-18/h5-10,13,15,27H,11-12,14H2,1-4H3,(H,26,31). The molecule has 0 aliphatic rings. The molecule has 0 saturated carbocycles. The molecule has 2 N–H and O–H groups in total. The molecule has 0 aliphatic carbocycles. The van der Waals surface area contributed by atoms with E-state index in [1.807, 2.05) is 0 Å². The minimum Gasteiger partial charge on any atom is -0.437 e. The minimum absolute atomic E-state index is 0.0234. The van der Waals surface area contributed by atoms with Gasteiger partial charge in [-0.3, -0.25) is 14.9 Å². The number of aromatic nitrogens is 2. The Bertz CT molecular complexity index is 1420. The van der Waals surface area contributed by atoms with Crippen LogP contribution in [0.2, 0.25) is 0 Å². The average molecular weight is 550 g/mol. The molecule has 0 atom stereocenters. The molecular weight excluding hydrogens is 521 g/mol. The van der Waals surface area contributed by atoms with Crippen LogP contribution < -0.4 is 14.8 Å². The van der Waals surface area contributed by atoms with E-state index in [0.717, 1.165) is 18.2 Å². The highest BCUT2D eigenvalue weighted by atomic mass is 32.2. The summed E-state index contributed by atoms with van der Waals surface area (Å²) in [5, 5.41) is 18.4. The quantitative estimate of drug-likeness (QED) is 0.198. The van der Waals surface area contributed by atoms with E-state index in [2.05, 4.69) is 15.1 Å². The van der Waals surface area contributed by atoms with E-state index in [-0.39, 0.29) is 48.5 Å². The van der Waals surface area contributed by atoms with Crippen LogP contribution in [0.15, 0.2) is 47.4 Å². The van der Waals surface area contributed by atoms with E-state index >= 15 is 0 Å². The molecule has 0 saturated heterocycles. The Morgan fingerprint density at radius 1 is 1.21 bits per heavy atom. The number of benzene rings is 2. The highest BCUT2D eigenvalue weighted by Gasteiger charge is 2.28. The van der Waals surface area contributed by atoms with Gasteiger partial charge in [-0.2, -0.15) is 9.78 Å². The van der Waals surface area contributed by atoms with Gasteiger partial charge in [-0.1, -0.05) is 13.8 Å². The zero-order valence-corrected chi connectivity index (χ0v) is 22.0. The smallest absolute Gasteiger partial charge is 0.272 e. The van der Waals surface area contributed by atoms with Gasteiger partial charge in [-0.25, -0.2) is 17.5 Å². The Hall–Kier alpha value is -3.88. The van der Waals surface area contributed by atoms with Crippen molar-refractivity contribution < 1.29 is 32.0 Å². The summed E-state index contributed by atoms with van der Waals surface area (Å²) in [6.45, 7) is 5.71. The molecular formula is C24H28FN5O7S. The van der Waals surface area contributed by atoms with E-state index in [1.54, 1.807) is 20.8 Å². The number of sulfonamides is 1. The first kappa shape index (κ1) is 28.7. The van der Waals surface area contributed by atoms with Crippen LogP contribution in [0.3, 0.4) is 0 Å². The first-order chi connectivity index (χ1) is 17.9. The maximum absolute atomic E-state index is 13.6. The lowest BCUT2D eigenvalue weighted by Gasteiger charge is -2.15. The number of nitrogens with zero attached hydrogens (tertiary/aromatic N) is 3. The van der Waals surface area contributed by atoms with Crippen LogP contribution in [-0.2, 0) is 14.8 Å². The number of carbonyl (C=O) groups excluding carboxylic acids is 1. The van der Waals surface area contributed by atoms with Crippen LogP contribution in [0, 0.1) is 28.8 Å². The monoisotopic (exact) mass is 549 g/mol. The molecule has 2 aromatic carbocycles. The maximum atomic E-state index is 13.6. The Kier molecular flexibility index (Phi) is 9.14. The number of nitrogens with one attached hydrogen (secondary N) is 2. The first-order valence-corrected chi connectivity index (χ1v) is 13.0. The van der Waals surface area contributed by atoms with Gasteiger partial charge >= 0.3 is 0 Å². The molecule has 3 rings (SSSR count). The second kappa shape index (κ2) is 12.1. The second-order valence-corrected chi connectivity index (χ2v) is 10.4. The van der Waals surface area contributed by atoms with Crippen molar-refractivity contribution in [1.82, 2.24) is 19.8 Å². The number of nitro groups is 1. The summed E-state index contributed by atoms with van der Waals surface area (Å²) in [5.41, 5.74) is 0.0969. The molecule has 0 radical (unpaired) electrons. The molecule has 14 heteroatoms. The van der Waals surface area contributed by atoms with Crippen molar-refractivity contribution in [2.75, 3.05) is 26.8 Å². The zero-order chi connectivity index (χ0) is 28.0. The summed E-state index contributed by atoms with van der Waals surface area (Å²) in [4.78, 5) is 23.0. The number of methoxy groups -OCH3 is 1. The van der Waals surface area contributed by atoms with Gasteiger partial charge in [0, 0.05) is 37.9 Å². The normalized spacial score (nSPS) is 11.5. The van der Waals surface area contributed by atoms with Crippen LogP contribution in [0.4, 0.5) is 10.1 Å². The van der Waals surface area contributed by atoms with Gasteiger partial charge < -0.3 is 14.8 Å². The van der Waals surface area contributed by atoms with Gasteiger partial charge in [-0.05, 0) is 43.2 Å². The fraction of sp³-hybridized carbons (Fsp3) is 0.333. The predicted molar refractivity (Wildman–Crippen MR) is 136 cm³/mol. The van der Waals surface area contributed by atoms with Crippen LogP contribution in [-0.4, -0.2) is 55.8 Å². The molecule has 12 nitrogen and oxygen atoms in total. The lowest BCUT2D eigenvalue weighted by Crippen LogP contribution is -2.28. The topological polar surface area (TPSA) is 155 Å². The van der Waals surface area contributed by atoms with Crippen LogP contribution in [0.5, 0.6) is 11.6 Å². The highest BCUT2D eigenvalue weighted by molar-refractivity contribution is 7.89. The highest BCUT2D eigenvalue weighted by Crippen LogP contribution is 2.35. The molecule has 3 aromatic rings. The molecule has 0 unspecified atom stereocenters. The molecule has 204 valence electrons. The third-order valence-electron chi connectivity index (χ3n) is 5.26. The Labute approximate surface area is 219 Å². The number of hydrogen-bond donors (Lipinski definition) is 2. The van der Waals surface area contributed by atoms with E-state index in [4.69, 9.17) is 9.47 Å². The maximum Gasteiger partial charge on any atom is 0.272 e. The fourth-order valence-electron chi connectivity index (χ4n) is 3.29. The summed E-state index contributed by atoms with van der Waals surface area (Å²) in [7, 11) is -2.75. The van der Waals surface area contributed by atoms with Gasteiger partial charge in [0.05, 0.1) is 17.2 Å². The second-order valence-electron chi connectivity index (χ2n) is 8.65. The number of ether oxygens (including phenoxy) is 2. The third kappa shape index (κ3) is 6.70. The average Bonchev–Trinajstić information content (AvgIpc) is 3.19.